The number of hydrogen-bond acceptors (Lipinski definition) is 3. The summed E-state index contributed by atoms with van der Waals surface area (Å²) < 4.78 is 1.73. The smallest absolute Gasteiger partial charge is 0.308 e. The molecule has 1 saturated carbocycles. The standard InChI is InChI=1S/C17H26N2O2S/c20-16(18-13-8-4-1-2-5-9-13)12-19-14-10-6-3-7-11-15(14)22-17(19)21/h13H,1-12H2,(H,18,20). The quantitative estimate of drug-likeness (QED) is 0.687. The molecule has 1 heterocycles. The van der Waals surface area contributed by atoms with Gasteiger partial charge in [-0.25, -0.2) is 0 Å². The first-order valence-corrected chi connectivity index (χ1v) is 9.56. The molecule has 0 bridgehead atoms. The second-order valence-electron chi connectivity index (χ2n) is 6.64. The van der Waals surface area contributed by atoms with E-state index in [1.54, 1.807) is 4.57 Å². The number of carbonyl (C=O) groups excluding carboxylic acids is 1. The van der Waals surface area contributed by atoms with E-state index in [-0.39, 0.29) is 17.3 Å². The number of carbonyl (C=O) groups is 1. The Balaban J connectivity index is 1.66. The van der Waals surface area contributed by atoms with Gasteiger partial charge in [-0.2, -0.15) is 0 Å². The minimum absolute atomic E-state index is 0.0128. The van der Waals surface area contributed by atoms with E-state index in [1.165, 1.54) is 54.7 Å². The zero-order valence-corrected chi connectivity index (χ0v) is 14.1. The molecule has 2 aliphatic rings. The van der Waals surface area contributed by atoms with Crippen LogP contribution in [0, 0.1) is 0 Å². The van der Waals surface area contributed by atoms with Gasteiger partial charge >= 0.3 is 4.87 Å². The highest BCUT2D eigenvalue weighted by Gasteiger charge is 2.20. The molecule has 0 spiro atoms. The summed E-state index contributed by atoms with van der Waals surface area (Å²) in [4.78, 5) is 25.8. The van der Waals surface area contributed by atoms with E-state index in [2.05, 4.69) is 5.32 Å². The summed E-state index contributed by atoms with van der Waals surface area (Å²) in [6.07, 6.45) is 12.6. The number of aryl methyl sites for hydroxylation is 1. The molecular weight excluding hydrogens is 296 g/mol. The van der Waals surface area contributed by atoms with Crippen molar-refractivity contribution in [2.75, 3.05) is 0 Å². The molecule has 1 aromatic rings. The van der Waals surface area contributed by atoms with E-state index in [0.29, 0.717) is 6.04 Å². The molecule has 5 heteroatoms. The van der Waals surface area contributed by atoms with Crippen LogP contribution in [0.5, 0.6) is 0 Å². The molecule has 0 radical (unpaired) electrons. The van der Waals surface area contributed by atoms with Gasteiger partial charge in [-0.1, -0.05) is 43.4 Å². The number of thiazole rings is 1. The van der Waals surface area contributed by atoms with E-state index in [4.69, 9.17) is 0 Å². The average molecular weight is 322 g/mol. The van der Waals surface area contributed by atoms with Crippen LogP contribution < -0.4 is 10.2 Å². The van der Waals surface area contributed by atoms with E-state index in [0.717, 1.165) is 37.8 Å². The van der Waals surface area contributed by atoms with Crippen molar-refractivity contribution in [2.45, 2.75) is 83.2 Å². The van der Waals surface area contributed by atoms with Crippen LogP contribution in [0.1, 0.15) is 68.4 Å². The summed E-state index contributed by atoms with van der Waals surface area (Å²) in [6, 6.07) is 0.308. The molecule has 22 heavy (non-hydrogen) atoms. The van der Waals surface area contributed by atoms with Crippen LogP contribution in [0.25, 0.3) is 0 Å². The molecule has 4 nitrogen and oxygen atoms in total. The Hall–Kier alpha value is -1.10. The molecule has 1 N–H and O–H groups in total. The predicted octanol–water partition coefficient (Wildman–Crippen LogP) is 3.02. The van der Waals surface area contributed by atoms with Gasteiger partial charge in [0.25, 0.3) is 0 Å². The molecular formula is C17H26N2O2S. The Morgan fingerprint density at radius 2 is 1.73 bits per heavy atom. The molecule has 1 amide bonds. The van der Waals surface area contributed by atoms with E-state index < -0.39 is 0 Å². The minimum atomic E-state index is 0.0128. The Bertz CT molecular complexity index is 568. The Morgan fingerprint density at radius 1 is 1.05 bits per heavy atom. The van der Waals surface area contributed by atoms with Gasteiger partial charge in [0.2, 0.25) is 5.91 Å². The maximum Gasteiger partial charge on any atom is 0.308 e. The molecule has 0 aliphatic heterocycles. The van der Waals surface area contributed by atoms with Crippen molar-refractivity contribution >= 4 is 17.2 Å². The summed E-state index contributed by atoms with van der Waals surface area (Å²) in [5, 5.41) is 3.15. The molecule has 0 unspecified atom stereocenters. The van der Waals surface area contributed by atoms with Crippen LogP contribution in [-0.4, -0.2) is 16.5 Å². The highest BCUT2D eigenvalue weighted by atomic mass is 32.1. The number of fused-ring (bicyclic) bond motifs is 1. The third-order valence-corrected chi connectivity index (χ3v) is 6.00. The van der Waals surface area contributed by atoms with E-state index in [1.807, 2.05) is 0 Å². The lowest BCUT2D eigenvalue weighted by Gasteiger charge is -2.17. The van der Waals surface area contributed by atoms with Crippen molar-refractivity contribution in [2.24, 2.45) is 0 Å². The number of rotatable bonds is 3. The van der Waals surface area contributed by atoms with E-state index in [9.17, 15) is 9.59 Å². The summed E-state index contributed by atoms with van der Waals surface area (Å²) in [5.74, 6) is 0.0128. The van der Waals surface area contributed by atoms with Crippen molar-refractivity contribution in [3.05, 3.63) is 20.2 Å². The van der Waals surface area contributed by atoms with Crippen LogP contribution in [0.15, 0.2) is 4.79 Å². The number of nitrogens with one attached hydrogen (secondary N) is 1. The summed E-state index contributed by atoms with van der Waals surface area (Å²) in [6.45, 7) is 0.209. The fourth-order valence-electron chi connectivity index (χ4n) is 3.71. The third-order valence-electron chi connectivity index (χ3n) is 4.92. The van der Waals surface area contributed by atoms with Crippen LogP contribution >= 0.6 is 11.3 Å². The first kappa shape index (κ1) is 15.8. The molecule has 2 aliphatic carbocycles. The zero-order valence-electron chi connectivity index (χ0n) is 13.2. The van der Waals surface area contributed by atoms with Crippen molar-refractivity contribution in [3.8, 4) is 0 Å². The largest absolute Gasteiger partial charge is 0.352 e. The molecule has 0 atom stereocenters. The number of amides is 1. The first-order valence-electron chi connectivity index (χ1n) is 8.75. The third kappa shape index (κ3) is 3.80. The molecule has 3 rings (SSSR count). The van der Waals surface area contributed by atoms with Crippen molar-refractivity contribution < 1.29 is 4.79 Å². The maximum absolute atomic E-state index is 12.3. The maximum atomic E-state index is 12.3. The average Bonchev–Trinajstić information content (AvgIpc) is 2.76. The van der Waals surface area contributed by atoms with Gasteiger partial charge in [-0.3, -0.25) is 14.2 Å². The summed E-state index contributed by atoms with van der Waals surface area (Å²) in [5.41, 5.74) is 1.13. The molecule has 1 fully saturated rings. The van der Waals surface area contributed by atoms with E-state index >= 15 is 0 Å². The second kappa shape index (κ2) is 7.44. The summed E-state index contributed by atoms with van der Waals surface area (Å²) >= 11 is 1.35. The number of nitrogens with zero attached hydrogens (tertiary/aromatic N) is 1. The SMILES string of the molecule is O=C(Cn1c2c(sc1=O)CCCCC2)NC1CCCCCC1. The van der Waals surface area contributed by atoms with Crippen molar-refractivity contribution in [3.63, 3.8) is 0 Å². The van der Waals surface area contributed by atoms with Crippen LogP contribution in [0.2, 0.25) is 0 Å². The number of hydrogen-bond donors (Lipinski definition) is 1. The van der Waals surface area contributed by atoms with Gasteiger partial charge < -0.3 is 5.32 Å². The van der Waals surface area contributed by atoms with Gasteiger partial charge in [0, 0.05) is 16.6 Å². The van der Waals surface area contributed by atoms with Gasteiger partial charge in [0.05, 0.1) is 0 Å². The first-order chi connectivity index (χ1) is 10.7. The van der Waals surface area contributed by atoms with Gasteiger partial charge in [0.15, 0.2) is 0 Å². The highest BCUT2D eigenvalue weighted by molar-refractivity contribution is 7.09. The second-order valence-corrected chi connectivity index (χ2v) is 7.69. The minimum Gasteiger partial charge on any atom is -0.352 e. The lowest BCUT2D eigenvalue weighted by Crippen LogP contribution is -2.38. The highest BCUT2D eigenvalue weighted by Crippen LogP contribution is 2.23. The van der Waals surface area contributed by atoms with Gasteiger partial charge in [-0.15, -0.1) is 0 Å². The van der Waals surface area contributed by atoms with Gasteiger partial charge in [0.1, 0.15) is 6.54 Å². The number of aromatic nitrogens is 1. The topological polar surface area (TPSA) is 51.1 Å². The normalized spacial score (nSPS) is 20.0. The van der Waals surface area contributed by atoms with Crippen molar-refractivity contribution in [1.82, 2.24) is 9.88 Å². The van der Waals surface area contributed by atoms with Crippen LogP contribution in [0.3, 0.4) is 0 Å². The Kier molecular flexibility index (Phi) is 5.34. The Labute approximate surface area is 135 Å². The predicted molar refractivity (Wildman–Crippen MR) is 89.5 cm³/mol. The Morgan fingerprint density at radius 3 is 2.50 bits per heavy atom. The summed E-state index contributed by atoms with van der Waals surface area (Å²) in [7, 11) is 0. The monoisotopic (exact) mass is 322 g/mol. The lowest BCUT2D eigenvalue weighted by atomic mass is 10.1. The van der Waals surface area contributed by atoms with Crippen molar-refractivity contribution in [1.29, 1.82) is 0 Å². The van der Waals surface area contributed by atoms with Crippen LogP contribution in [0.4, 0.5) is 0 Å². The molecule has 122 valence electrons. The van der Waals surface area contributed by atoms with Gasteiger partial charge in [-0.05, 0) is 38.5 Å². The fraction of sp³-hybridized carbons (Fsp3) is 0.765. The van der Waals surface area contributed by atoms with Crippen LogP contribution in [-0.2, 0) is 24.2 Å². The zero-order chi connectivity index (χ0) is 15.4. The molecule has 1 aromatic heterocycles. The lowest BCUT2D eigenvalue weighted by molar-refractivity contribution is -0.122. The molecule has 0 saturated heterocycles. The molecule has 0 aromatic carbocycles. The fourth-order valence-corrected chi connectivity index (χ4v) is 4.78.